The van der Waals surface area contributed by atoms with E-state index < -0.39 is 0 Å². The summed E-state index contributed by atoms with van der Waals surface area (Å²) in [5.41, 5.74) is 1.01. The maximum atomic E-state index is 4.36. The Labute approximate surface area is 108 Å². The summed E-state index contributed by atoms with van der Waals surface area (Å²) in [5.74, 6) is 0.971. The molecule has 0 spiro atoms. The van der Waals surface area contributed by atoms with E-state index in [9.17, 15) is 0 Å². The molecule has 0 saturated heterocycles. The number of para-hydroxylation sites is 1. The molecule has 2 heterocycles. The minimum atomic E-state index is 0.971. The third-order valence-corrected chi connectivity index (χ3v) is 4.55. The van der Waals surface area contributed by atoms with Crippen LogP contribution in [0.2, 0.25) is 0 Å². The molecule has 3 aromatic rings. The van der Waals surface area contributed by atoms with Crippen LogP contribution < -0.4 is 0 Å². The topological polar surface area (TPSA) is 25.8 Å². The highest BCUT2D eigenvalue weighted by molar-refractivity contribution is 7.98. The fourth-order valence-electron chi connectivity index (χ4n) is 1.63. The average Bonchev–Trinajstić information content (AvgIpc) is 2.89. The summed E-state index contributed by atoms with van der Waals surface area (Å²) in [6.45, 7) is 0. The van der Waals surface area contributed by atoms with E-state index >= 15 is 0 Å². The van der Waals surface area contributed by atoms with Crippen LogP contribution >= 0.6 is 23.1 Å². The molecular formula is C13H10N2S2. The second kappa shape index (κ2) is 4.85. The molecule has 0 aliphatic heterocycles. The maximum absolute atomic E-state index is 4.36. The van der Waals surface area contributed by atoms with E-state index in [0.717, 1.165) is 21.7 Å². The van der Waals surface area contributed by atoms with Crippen molar-refractivity contribution >= 4 is 34.0 Å². The maximum Gasteiger partial charge on any atom is 0.117 e. The van der Waals surface area contributed by atoms with E-state index in [4.69, 9.17) is 0 Å². The molecule has 0 saturated carbocycles. The summed E-state index contributed by atoms with van der Waals surface area (Å²) in [4.78, 5) is 10.0. The smallest absolute Gasteiger partial charge is 0.117 e. The number of benzene rings is 1. The Morgan fingerprint density at radius 1 is 1.06 bits per heavy atom. The molecule has 4 heteroatoms. The minimum absolute atomic E-state index is 0.971. The Morgan fingerprint density at radius 3 is 2.88 bits per heavy atom. The van der Waals surface area contributed by atoms with Crippen molar-refractivity contribution in [3.05, 3.63) is 53.0 Å². The highest BCUT2D eigenvalue weighted by Gasteiger charge is 2.04. The van der Waals surface area contributed by atoms with E-state index in [1.165, 1.54) is 4.88 Å². The SMILES string of the molecule is c1csc(CSc2ncnc3ccccc23)c1. The molecule has 1 aromatic carbocycles. The van der Waals surface area contributed by atoms with Gasteiger partial charge in [-0.15, -0.1) is 23.1 Å². The Morgan fingerprint density at radius 2 is 2.00 bits per heavy atom. The van der Waals surface area contributed by atoms with Gasteiger partial charge >= 0.3 is 0 Å². The molecule has 0 aliphatic rings. The van der Waals surface area contributed by atoms with Crippen molar-refractivity contribution in [2.45, 2.75) is 10.8 Å². The number of thiophene rings is 1. The zero-order valence-corrected chi connectivity index (χ0v) is 10.7. The van der Waals surface area contributed by atoms with Gasteiger partial charge in [0.05, 0.1) is 5.52 Å². The van der Waals surface area contributed by atoms with Gasteiger partial charge in [-0.2, -0.15) is 0 Å². The van der Waals surface area contributed by atoms with Crippen LogP contribution in [0.1, 0.15) is 4.88 Å². The predicted molar refractivity (Wildman–Crippen MR) is 73.4 cm³/mol. The quantitative estimate of drug-likeness (QED) is 0.525. The molecule has 3 rings (SSSR count). The normalized spacial score (nSPS) is 10.8. The fourth-order valence-corrected chi connectivity index (χ4v) is 3.39. The largest absolute Gasteiger partial charge is 0.236 e. The summed E-state index contributed by atoms with van der Waals surface area (Å²) in [6, 6.07) is 12.4. The molecule has 2 aromatic heterocycles. The first kappa shape index (κ1) is 10.7. The summed E-state index contributed by atoms with van der Waals surface area (Å²) in [6.07, 6.45) is 1.64. The van der Waals surface area contributed by atoms with Gasteiger partial charge in [-0.1, -0.05) is 24.3 Å². The molecular weight excluding hydrogens is 248 g/mol. The highest BCUT2D eigenvalue weighted by atomic mass is 32.2. The lowest BCUT2D eigenvalue weighted by Gasteiger charge is -2.03. The molecule has 0 unspecified atom stereocenters. The Kier molecular flexibility index (Phi) is 3.07. The first-order chi connectivity index (χ1) is 8.43. The van der Waals surface area contributed by atoms with Crippen molar-refractivity contribution in [2.75, 3.05) is 0 Å². The van der Waals surface area contributed by atoms with Crippen LogP contribution in [-0.2, 0) is 5.75 Å². The van der Waals surface area contributed by atoms with Crippen molar-refractivity contribution in [1.29, 1.82) is 0 Å². The van der Waals surface area contributed by atoms with Crippen molar-refractivity contribution in [3.8, 4) is 0 Å². The average molecular weight is 258 g/mol. The standard InChI is InChI=1S/C13H10N2S2/c1-2-6-12-11(5-1)13(15-9-14-12)17-8-10-4-3-7-16-10/h1-7,9H,8H2. The number of rotatable bonds is 3. The van der Waals surface area contributed by atoms with Crippen molar-refractivity contribution < 1.29 is 0 Å². The van der Waals surface area contributed by atoms with Gasteiger partial charge in [0, 0.05) is 16.0 Å². The zero-order chi connectivity index (χ0) is 11.5. The Bertz CT molecular complexity index is 615. The fraction of sp³-hybridized carbons (Fsp3) is 0.0769. The zero-order valence-electron chi connectivity index (χ0n) is 9.04. The van der Waals surface area contributed by atoms with Gasteiger partial charge in [0.1, 0.15) is 11.4 Å². The molecule has 2 nitrogen and oxygen atoms in total. The van der Waals surface area contributed by atoms with Crippen LogP contribution in [-0.4, -0.2) is 9.97 Å². The van der Waals surface area contributed by atoms with Gasteiger partial charge < -0.3 is 0 Å². The van der Waals surface area contributed by atoms with E-state index in [0.29, 0.717) is 0 Å². The second-order valence-electron chi connectivity index (χ2n) is 3.56. The molecule has 0 fully saturated rings. The van der Waals surface area contributed by atoms with Gasteiger partial charge in [-0.25, -0.2) is 9.97 Å². The molecule has 84 valence electrons. The number of nitrogens with zero attached hydrogens (tertiary/aromatic N) is 2. The van der Waals surface area contributed by atoms with Crippen LogP contribution in [0.15, 0.2) is 53.1 Å². The monoisotopic (exact) mass is 258 g/mol. The summed E-state index contributed by atoms with van der Waals surface area (Å²) in [5, 5.41) is 4.30. The molecule has 17 heavy (non-hydrogen) atoms. The second-order valence-corrected chi connectivity index (χ2v) is 5.56. The van der Waals surface area contributed by atoms with Gasteiger partial charge in [0.15, 0.2) is 0 Å². The number of fused-ring (bicyclic) bond motifs is 1. The van der Waals surface area contributed by atoms with Gasteiger partial charge in [0.25, 0.3) is 0 Å². The van der Waals surface area contributed by atoms with Crippen LogP contribution in [0.25, 0.3) is 10.9 Å². The van der Waals surface area contributed by atoms with Gasteiger partial charge in [0.2, 0.25) is 0 Å². The van der Waals surface area contributed by atoms with Crippen molar-refractivity contribution in [2.24, 2.45) is 0 Å². The molecule has 0 N–H and O–H groups in total. The Hall–Kier alpha value is -1.39. The van der Waals surface area contributed by atoms with Crippen LogP contribution in [0, 0.1) is 0 Å². The lowest BCUT2D eigenvalue weighted by Crippen LogP contribution is -1.86. The number of hydrogen-bond donors (Lipinski definition) is 0. The third kappa shape index (κ3) is 2.33. The number of aromatic nitrogens is 2. The van der Waals surface area contributed by atoms with Gasteiger partial charge in [-0.05, 0) is 17.5 Å². The van der Waals surface area contributed by atoms with Gasteiger partial charge in [-0.3, -0.25) is 0 Å². The van der Waals surface area contributed by atoms with Crippen LogP contribution in [0.3, 0.4) is 0 Å². The summed E-state index contributed by atoms with van der Waals surface area (Å²) >= 11 is 3.55. The van der Waals surface area contributed by atoms with E-state index in [1.807, 2.05) is 18.2 Å². The number of hydrogen-bond acceptors (Lipinski definition) is 4. The van der Waals surface area contributed by atoms with Crippen molar-refractivity contribution in [3.63, 3.8) is 0 Å². The van der Waals surface area contributed by atoms with E-state index in [2.05, 4.69) is 33.5 Å². The van der Waals surface area contributed by atoms with E-state index in [1.54, 1.807) is 29.4 Å². The molecule has 0 atom stereocenters. The third-order valence-electron chi connectivity index (χ3n) is 2.44. The molecule has 0 radical (unpaired) electrons. The highest BCUT2D eigenvalue weighted by Crippen LogP contribution is 2.28. The summed E-state index contributed by atoms with van der Waals surface area (Å²) < 4.78 is 0. The van der Waals surface area contributed by atoms with Crippen LogP contribution in [0.4, 0.5) is 0 Å². The first-order valence-corrected chi connectivity index (χ1v) is 7.15. The lowest BCUT2D eigenvalue weighted by atomic mass is 10.2. The lowest BCUT2D eigenvalue weighted by molar-refractivity contribution is 1.10. The van der Waals surface area contributed by atoms with E-state index in [-0.39, 0.29) is 0 Å². The minimum Gasteiger partial charge on any atom is -0.236 e. The molecule has 0 amide bonds. The molecule has 0 bridgehead atoms. The number of thioether (sulfide) groups is 1. The molecule has 0 aliphatic carbocycles. The van der Waals surface area contributed by atoms with Crippen molar-refractivity contribution in [1.82, 2.24) is 9.97 Å². The predicted octanol–water partition coefficient (Wildman–Crippen LogP) is 3.98. The Balaban J connectivity index is 1.90. The van der Waals surface area contributed by atoms with Crippen LogP contribution in [0.5, 0.6) is 0 Å². The summed E-state index contributed by atoms with van der Waals surface area (Å²) in [7, 11) is 0. The first-order valence-electron chi connectivity index (χ1n) is 5.28.